The first-order chi connectivity index (χ1) is 11.6. The number of furan rings is 1. The van der Waals surface area contributed by atoms with Crippen LogP contribution in [0.3, 0.4) is 0 Å². The molecular formula is C18H17NO3S2. The third kappa shape index (κ3) is 3.34. The van der Waals surface area contributed by atoms with E-state index < -0.39 is 0 Å². The molecule has 0 aliphatic heterocycles. The van der Waals surface area contributed by atoms with Crippen LogP contribution in [-0.4, -0.2) is 17.6 Å². The van der Waals surface area contributed by atoms with Crippen LogP contribution in [0.5, 0.6) is 0 Å². The van der Waals surface area contributed by atoms with Crippen LogP contribution in [0.15, 0.2) is 28.7 Å². The van der Waals surface area contributed by atoms with Crippen molar-refractivity contribution in [3.8, 4) is 0 Å². The van der Waals surface area contributed by atoms with E-state index in [2.05, 4.69) is 11.9 Å². The highest BCUT2D eigenvalue weighted by Gasteiger charge is 2.10. The van der Waals surface area contributed by atoms with Gasteiger partial charge in [0.15, 0.2) is 3.95 Å². The number of benzene rings is 1. The van der Waals surface area contributed by atoms with Crippen LogP contribution in [0.25, 0.3) is 23.1 Å². The molecule has 0 radical (unpaired) electrons. The minimum Gasteiger partial charge on any atom is -0.463 e. The van der Waals surface area contributed by atoms with Gasteiger partial charge in [0, 0.05) is 23.4 Å². The molecule has 0 unspecified atom stereocenters. The van der Waals surface area contributed by atoms with E-state index >= 15 is 0 Å². The van der Waals surface area contributed by atoms with Crippen molar-refractivity contribution < 1.29 is 13.9 Å². The van der Waals surface area contributed by atoms with Crippen molar-refractivity contribution in [1.29, 1.82) is 0 Å². The topological polar surface area (TPSA) is 55.2 Å². The summed E-state index contributed by atoms with van der Waals surface area (Å²) < 4.78 is 12.4. The van der Waals surface area contributed by atoms with E-state index in [9.17, 15) is 4.79 Å². The standard InChI is InChI=1S/C18H17NO3S2/c1-3-14-12(11-7-5-6-8-15(11)22-14)9-16-13(19-18(23)24-16)10-17(20)21-4-2/h5-10H,3-4H2,1-2H3,(H,19,23)/b13-10-,16-9-. The normalized spacial score (nSPS) is 12.9. The number of fused-ring (bicyclic) bond motifs is 1. The molecule has 4 nitrogen and oxygen atoms in total. The summed E-state index contributed by atoms with van der Waals surface area (Å²) in [7, 11) is 0. The average Bonchev–Trinajstić information content (AvgIpc) is 3.08. The summed E-state index contributed by atoms with van der Waals surface area (Å²) in [5.41, 5.74) is 1.88. The SMILES string of the molecule is CCOC(=O)/C=c1\[nH]c(=S)s\c1=C/c1c(CC)oc2ccccc12. The lowest BCUT2D eigenvalue weighted by Gasteiger charge is -1.94. The molecule has 0 atom stereocenters. The zero-order valence-electron chi connectivity index (χ0n) is 13.4. The Bertz CT molecular complexity index is 1060. The first kappa shape index (κ1) is 16.7. The molecule has 0 fully saturated rings. The van der Waals surface area contributed by atoms with Crippen molar-refractivity contribution in [2.24, 2.45) is 0 Å². The Morgan fingerprint density at radius 1 is 1.38 bits per heavy atom. The number of rotatable bonds is 4. The van der Waals surface area contributed by atoms with Gasteiger partial charge >= 0.3 is 5.97 Å². The van der Waals surface area contributed by atoms with E-state index in [0.29, 0.717) is 15.9 Å². The molecule has 0 amide bonds. The lowest BCUT2D eigenvalue weighted by atomic mass is 10.1. The molecule has 0 saturated carbocycles. The number of hydrogen-bond acceptors (Lipinski definition) is 5. The number of aryl methyl sites for hydroxylation is 1. The second-order valence-electron chi connectivity index (χ2n) is 5.12. The van der Waals surface area contributed by atoms with Crippen molar-refractivity contribution in [2.45, 2.75) is 20.3 Å². The van der Waals surface area contributed by atoms with Gasteiger partial charge in [-0.15, -0.1) is 11.3 Å². The van der Waals surface area contributed by atoms with Crippen LogP contribution in [0.4, 0.5) is 0 Å². The number of hydrogen-bond donors (Lipinski definition) is 1. The molecule has 0 bridgehead atoms. The predicted octanol–water partition coefficient (Wildman–Crippen LogP) is 3.29. The Hall–Kier alpha value is -2.18. The molecule has 2 heterocycles. The van der Waals surface area contributed by atoms with Crippen LogP contribution in [-0.2, 0) is 16.0 Å². The number of carbonyl (C=O) groups excluding carboxylic acids is 1. The molecule has 0 saturated heterocycles. The van der Waals surface area contributed by atoms with E-state index in [0.717, 1.165) is 33.2 Å². The van der Waals surface area contributed by atoms with E-state index in [1.54, 1.807) is 6.92 Å². The minimum absolute atomic E-state index is 0.339. The maximum absolute atomic E-state index is 11.8. The second-order valence-corrected chi connectivity index (χ2v) is 6.84. The quantitative estimate of drug-likeness (QED) is 0.574. The van der Waals surface area contributed by atoms with Gasteiger partial charge in [-0.05, 0) is 31.3 Å². The molecule has 1 N–H and O–H groups in total. The Balaban J connectivity index is 2.24. The monoisotopic (exact) mass is 359 g/mol. The zero-order valence-corrected chi connectivity index (χ0v) is 15.1. The van der Waals surface area contributed by atoms with Crippen LogP contribution in [0, 0.1) is 3.95 Å². The van der Waals surface area contributed by atoms with E-state index in [1.165, 1.54) is 17.4 Å². The van der Waals surface area contributed by atoms with Gasteiger partial charge in [-0.2, -0.15) is 0 Å². The molecule has 6 heteroatoms. The molecule has 124 valence electrons. The van der Waals surface area contributed by atoms with Gasteiger partial charge in [0.2, 0.25) is 0 Å². The maximum atomic E-state index is 11.8. The third-order valence-electron chi connectivity index (χ3n) is 3.56. The van der Waals surface area contributed by atoms with Crippen molar-refractivity contribution in [3.63, 3.8) is 0 Å². The van der Waals surface area contributed by atoms with Crippen molar-refractivity contribution in [2.75, 3.05) is 6.61 Å². The van der Waals surface area contributed by atoms with Crippen molar-refractivity contribution >= 4 is 52.6 Å². The number of nitrogens with one attached hydrogen (secondary N) is 1. The summed E-state index contributed by atoms with van der Waals surface area (Å²) in [6.45, 7) is 4.17. The highest BCUT2D eigenvalue weighted by molar-refractivity contribution is 7.73. The fourth-order valence-electron chi connectivity index (χ4n) is 2.54. The zero-order chi connectivity index (χ0) is 17.1. The lowest BCUT2D eigenvalue weighted by Crippen LogP contribution is -2.23. The number of H-pyrrole nitrogens is 1. The Morgan fingerprint density at radius 2 is 2.17 bits per heavy atom. The number of carbonyl (C=O) groups is 1. The summed E-state index contributed by atoms with van der Waals surface area (Å²) in [6, 6.07) is 7.93. The molecule has 3 aromatic rings. The fraction of sp³-hybridized carbons (Fsp3) is 0.222. The highest BCUT2D eigenvalue weighted by atomic mass is 32.1. The van der Waals surface area contributed by atoms with Gasteiger partial charge in [0.25, 0.3) is 0 Å². The van der Waals surface area contributed by atoms with Gasteiger partial charge in [0.05, 0.1) is 16.5 Å². The van der Waals surface area contributed by atoms with Gasteiger partial charge in [0.1, 0.15) is 11.3 Å². The molecule has 1 aromatic carbocycles. The van der Waals surface area contributed by atoms with Gasteiger partial charge in [-0.3, -0.25) is 0 Å². The Morgan fingerprint density at radius 3 is 2.92 bits per heavy atom. The smallest absolute Gasteiger partial charge is 0.332 e. The van der Waals surface area contributed by atoms with Gasteiger partial charge < -0.3 is 14.1 Å². The van der Waals surface area contributed by atoms with Crippen LogP contribution in [0.2, 0.25) is 0 Å². The number of aromatic amines is 1. The van der Waals surface area contributed by atoms with Crippen LogP contribution >= 0.6 is 23.6 Å². The first-order valence-electron chi connectivity index (χ1n) is 7.72. The summed E-state index contributed by atoms with van der Waals surface area (Å²) >= 11 is 6.66. The number of aromatic nitrogens is 1. The van der Waals surface area contributed by atoms with Gasteiger partial charge in [-0.25, -0.2) is 4.79 Å². The number of esters is 1. The molecule has 0 aliphatic rings. The number of para-hydroxylation sites is 1. The molecular weight excluding hydrogens is 342 g/mol. The summed E-state index contributed by atoms with van der Waals surface area (Å²) in [5, 5.41) is 1.71. The molecule has 3 rings (SSSR count). The van der Waals surface area contributed by atoms with Crippen LogP contribution in [0.1, 0.15) is 25.2 Å². The van der Waals surface area contributed by atoms with E-state index in [1.807, 2.05) is 30.3 Å². The maximum Gasteiger partial charge on any atom is 0.332 e. The highest BCUT2D eigenvalue weighted by Crippen LogP contribution is 2.26. The predicted molar refractivity (Wildman–Crippen MR) is 99.0 cm³/mol. The summed E-state index contributed by atoms with van der Waals surface area (Å²) in [4.78, 5) is 14.8. The van der Waals surface area contributed by atoms with Crippen molar-refractivity contribution in [1.82, 2.24) is 4.98 Å². The van der Waals surface area contributed by atoms with Gasteiger partial charge in [-0.1, -0.05) is 25.1 Å². The minimum atomic E-state index is -0.385. The second kappa shape index (κ2) is 7.15. The first-order valence-corrected chi connectivity index (χ1v) is 8.94. The summed E-state index contributed by atoms with van der Waals surface area (Å²) in [6.07, 6.45) is 4.25. The Labute approximate surface area is 148 Å². The third-order valence-corrected chi connectivity index (χ3v) is 4.76. The molecule has 0 aliphatic carbocycles. The number of ether oxygens (including phenoxy) is 1. The molecule has 24 heavy (non-hydrogen) atoms. The average molecular weight is 359 g/mol. The molecule has 2 aromatic heterocycles. The number of thiazole rings is 1. The van der Waals surface area contributed by atoms with Crippen LogP contribution < -0.4 is 9.88 Å². The van der Waals surface area contributed by atoms with Crippen molar-refractivity contribution in [3.05, 3.63) is 49.4 Å². The Kier molecular flexibility index (Phi) is 4.97. The van der Waals surface area contributed by atoms with E-state index in [-0.39, 0.29) is 5.97 Å². The molecule has 0 spiro atoms. The largest absolute Gasteiger partial charge is 0.463 e. The van der Waals surface area contributed by atoms with E-state index in [4.69, 9.17) is 21.4 Å². The fourth-order valence-corrected chi connectivity index (χ4v) is 3.67. The summed E-state index contributed by atoms with van der Waals surface area (Å²) in [5.74, 6) is 0.529. The lowest BCUT2D eigenvalue weighted by molar-refractivity contribution is -0.135.